The number of hydrogen-bond donors (Lipinski definition) is 1. The van der Waals surface area contributed by atoms with Crippen LogP contribution in [0.4, 0.5) is 0 Å². The molecule has 0 aromatic carbocycles. The second-order valence-corrected chi connectivity index (χ2v) is 4.55. The summed E-state index contributed by atoms with van der Waals surface area (Å²) in [7, 11) is 0. The normalized spacial score (nSPS) is 20.2. The van der Waals surface area contributed by atoms with Crippen LogP contribution in [-0.2, 0) is 17.6 Å². The third-order valence-corrected chi connectivity index (χ3v) is 3.99. The number of aliphatic carboxylic acids is 1. The van der Waals surface area contributed by atoms with Gasteiger partial charge in [0.1, 0.15) is 0 Å². The van der Waals surface area contributed by atoms with Gasteiger partial charge in [-0.15, -0.1) is 11.3 Å². The van der Waals surface area contributed by atoms with Gasteiger partial charge in [-0.05, 0) is 30.9 Å². The number of carbonyl (C=O) groups is 1. The van der Waals surface area contributed by atoms with Gasteiger partial charge in [-0.25, -0.2) is 0 Å². The van der Waals surface area contributed by atoms with Gasteiger partial charge >= 0.3 is 5.97 Å². The highest BCUT2D eigenvalue weighted by molar-refractivity contribution is 7.12. The van der Waals surface area contributed by atoms with E-state index in [1.807, 2.05) is 0 Å². The van der Waals surface area contributed by atoms with E-state index in [2.05, 4.69) is 13.0 Å². The minimum atomic E-state index is -0.664. The fraction of sp³-hybridized carbons (Fsp3) is 0.500. The second kappa shape index (κ2) is 3.14. The summed E-state index contributed by atoms with van der Waals surface area (Å²) in [6.45, 7) is 2.11. The van der Waals surface area contributed by atoms with Crippen LogP contribution in [0.15, 0.2) is 6.07 Å². The second-order valence-electron chi connectivity index (χ2n) is 3.39. The highest BCUT2D eigenvalue weighted by atomic mass is 32.1. The number of carboxylic acid groups (broad SMARTS) is 1. The molecule has 13 heavy (non-hydrogen) atoms. The molecular formula is C10H12O2S. The molecule has 0 saturated heterocycles. The van der Waals surface area contributed by atoms with E-state index in [9.17, 15) is 4.79 Å². The Bertz CT molecular complexity index is 341. The molecule has 3 heteroatoms. The molecule has 0 radical (unpaired) electrons. The first-order valence-electron chi connectivity index (χ1n) is 4.56. The van der Waals surface area contributed by atoms with Crippen molar-refractivity contribution in [2.24, 2.45) is 0 Å². The fourth-order valence-electron chi connectivity index (χ4n) is 1.83. The van der Waals surface area contributed by atoms with Crippen LogP contribution in [0.1, 0.15) is 34.6 Å². The van der Waals surface area contributed by atoms with Crippen molar-refractivity contribution in [1.29, 1.82) is 0 Å². The van der Waals surface area contributed by atoms with E-state index >= 15 is 0 Å². The maximum absolute atomic E-state index is 10.9. The Morgan fingerprint density at radius 3 is 3.15 bits per heavy atom. The fourth-order valence-corrected chi connectivity index (χ4v) is 3.11. The lowest BCUT2D eigenvalue weighted by Crippen LogP contribution is -2.06. The van der Waals surface area contributed by atoms with E-state index < -0.39 is 5.97 Å². The molecule has 0 bridgehead atoms. The van der Waals surface area contributed by atoms with Crippen molar-refractivity contribution in [1.82, 2.24) is 0 Å². The van der Waals surface area contributed by atoms with Crippen molar-refractivity contribution in [3.8, 4) is 0 Å². The summed E-state index contributed by atoms with van der Waals surface area (Å²) in [5.74, 6) is -0.886. The summed E-state index contributed by atoms with van der Waals surface area (Å²) >= 11 is 1.68. The standard InChI is InChI=1S/C10H12O2S/c1-2-7-5-6-3-4-8(10(11)12)9(6)13-7/h5,8H,2-4H2,1H3,(H,11,12). The lowest BCUT2D eigenvalue weighted by Gasteiger charge is -2.01. The van der Waals surface area contributed by atoms with Crippen LogP contribution < -0.4 is 0 Å². The third kappa shape index (κ3) is 1.37. The lowest BCUT2D eigenvalue weighted by atomic mass is 10.1. The van der Waals surface area contributed by atoms with Crippen LogP contribution in [0.2, 0.25) is 0 Å². The van der Waals surface area contributed by atoms with Crippen LogP contribution in [0.5, 0.6) is 0 Å². The first kappa shape index (κ1) is 8.75. The van der Waals surface area contributed by atoms with Gasteiger partial charge in [0.15, 0.2) is 0 Å². The summed E-state index contributed by atoms with van der Waals surface area (Å²) in [5, 5.41) is 8.95. The Hall–Kier alpha value is -0.830. The average Bonchev–Trinajstić information content (AvgIpc) is 2.59. The van der Waals surface area contributed by atoms with E-state index in [1.165, 1.54) is 10.4 Å². The Morgan fingerprint density at radius 2 is 2.54 bits per heavy atom. The minimum absolute atomic E-state index is 0.222. The number of carboxylic acids is 1. The van der Waals surface area contributed by atoms with Gasteiger partial charge < -0.3 is 5.11 Å². The molecule has 1 aliphatic carbocycles. The molecular weight excluding hydrogens is 184 g/mol. The molecule has 1 unspecified atom stereocenters. The Labute approximate surface area is 81.2 Å². The van der Waals surface area contributed by atoms with E-state index in [-0.39, 0.29) is 5.92 Å². The third-order valence-electron chi connectivity index (χ3n) is 2.56. The quantitative estimate of drug-likeness (QED) is 0.788. The molecule has 1 N–H and O–H groups in total. The maximum Gasteiger partial charge on any atom is 0.311 e. The SMILES string of the molecule is CCc1cc2c(s1)C(C(=O)O)CC2. The average molecular weight is 196 g/mol. The van der Waals surface area contributed by atoms with Gasteiger partial charge in [0.2, 0.25) is 0 Å². The van der Waals surface area contributed by atoms with Gasteiger partial charge in [0, 0.05) is 9.75 Å². The van der Waals surface area contributed by atoms with E-state index in [0.29, 0.717) is 0 Å². The van der Waals surface area contributed by atoms with Crippen LogP contribution in [0, 0.1) is 0 Å². The van der Waals surface area contributed by atoms with Gasteiger partial charge in [-0.3, -0.25) is 4.79 Å². The number of hydrogen-bond acceptors (Lipinski definition) is 2. The Morgan fingerprint density at radius 1 is 1.77 bits per heavy atom. The van der Waals surface area contributed by atoms with E-state index in [1.54, 1.807) is 11.3 Å². The molecule has 0 saturated carbocycles. The number of thiophene rings is 1. The summed E-state index contributed by atoms with van der Waals surface area (Å²) < 4.78 is 0. The maximum atomic E-state index is 10.9. The molecule has 1 aromatic rings. The molecule has 2 nitrogen and oxygen atoms in total. The zero-order valence-electron chi connectivity index (χ0n) is 7.54. The van der Waals surface area contributed by atoms with Gasteiger partial charge in [-0.2, -0.15) is 0 Å². The van der Waals surface area contributed by atoms with Crippen LogP contribution in [-0.4, -0.2) is 11.1 Å². The van der Waals surface area contributed by atoms with Crippen LogP contribution >= 0.6 is 11.3 Å². The van der Waals surface area contributed by atoms with Crippen molar-refractivity contribution in [2.45, 2.75) is 32.1 Å². The summed E-state index contributed by atoms with van der Waals surface area (Å²) in [5.41, 5.74) is 1.27. The molecule has 2 rings (SSSR count). The minimum Gasteiger partial charge on any atom is -0.481 e. The molecule has 0 spiro atoms. The van der Waals surface area contributed by atoms with Crippen molar-refractivity contribution in [3.05, 3.63) is 21.4 Å². The topological polar surface area (TPSA) is 37.3 Å². The zero-order valence-corrected chi connectivity index (χ0v) is 8.36. The van der Waals surface area contributed by atoms with Gasteiger partial charge in [0.05, 0.1) is 5.92 Å². The molecule has 0 fully saturated rings. The predicted molar refractivity (Wildman–Crippen MR) is 52.4 cm³/mol. The lowest BCUT2D eigenvalue weighted by molar-refractivity contribution is -0.138. The highest BCUT2D eigenvalue weighted by Gasteiger charge is 2.30. The van der Waals surface area contributed by atoms with Crippen molar-refractivity contribution < 1.29 is 9.90 Å². The molecule has 0 aliphatic heterocycles. The smallest absolute Gasteiger partial charge is 0.311 e. The summed E-state index contributed by atoms with van der Waals surface area (Å²) in [6, 6.07) is 2.17. The first-order valence-corrected chi connectivity index (χ1v) is 5.38. The molecule has 1 atom stereocenters. The summed E-state index contributed by atoms with van der Waals surface area (Å²) in [4.78, 5) is 13.3. The van der Waals surface area contributed by atoms with E-state index in [0.717, 1.165) is 24.1 Å². The van der Waals surface area contributed by atoms with Crippen LogP contribution in [0.3, 0.4) is 0 Å². The Balaban J connectivity index is 2.35. The van der Waals surface area contributed by atoms with E-state index in [4.69, 9.17) is 5.11 Å². The molecule has 1 aliphatic rings. The molecule has 0 amide bonds. The largest absolute Gasteiger partial charge is 0.481 e. The molecule has 1 aromatic heterocycles. The number of aryl methyl sites for hydroxylation is 2. The molecule has 1 heterocycles. The predicted octanol–water partition coefficient (Wildman–Crippen LogP) is 2.42. The van der Waals surface area contributed by atoms with Crippen molar-refractivity contribution in [3.63, 3.8) is 0 Å². The zero-order chi connectivity index (χ0) is 9.42. The number of rotatable bonds is 2. The van der Waals surface area contributed by atoms with Gasteiger partial charge in [0.25, 0.3) is 0 Å². The first-order chi connectivity index (χ1) is 6.22. The van der Waals surface area contributed by atoms with Gasteiger partial charge in [-0.1, -0.05) is 6.92 Å². The van der Waals surface area contributed by atoms with Crippen LogP contribution in [0.25, 0.3) is 0 Å². The highest BCUT2D eigenvalue weighted by Crippen LogP contribution is 2.39. The number of fused-ring (bicyclic) bond motifs is 1. The monoisotopic (exact) mass is 196 g/mol. The molecule has 70 valence electrons. The summed E-state index contributed by atoms with van der Waals surface area (Å²) in [6.07, 6.45) is 2.76. The van der Waals surface area contributed by atoms with Crippen molar-refractivity contribution in [2.75, 3.05) is 0 Å². The Kier molecular flexibility index (Phi) is 2.12. The van der Waals surface area contributed by atoms with Crippen molar-refractivity contribution >= 4 is 17.3 Å².